The standard InChI is InChI=1S/C15H15F2N/c1-10-9-12(5-8-14(10)17)15(2,18)11-3-6-13(16)7-4-11/h3-9H,18H2,1-2H3. The van der Waals surface area contributed by atoms with Gasteiger partial charge in [0, 0.05) is 0 Å². The molecule has 0 fully saturated rings. The highest BCUT2D eigenvalue weighted by Crippen LogP contribution is 2.27. The second-order valence-electron chi connectivity index (χ2n) is 4.67. The molecule has 18 heavy (non-hydrogen) atoms. The lowest BCUT2D eigenvalue weighted by atomic mass is 9.85. The summed E-state index contributed by atoms with van der Waals surface area (Å²) in [6.45, 7) is 3.52. The Balaban J connectivity index is 2.46. The summed E-state index contributed by atoms with van der Waals surface area (Å²) in [6.07, 6.45) is 0. The van der Waals surface area contributed by atoms with Crippen LogP contribution in [-0.2, 0) is 5.54 Å². The number of nitrogens with two attached hydrogens (primary N) is 1. The van der Waals surface area contributed by atoms with E-state index in [2.05, 4.69) is 0 Å². The highest BCUT2D eigenvalue weighted by atomic mass is 19.1. The lowest BCUT2D eigenvalue weighted by Crippen LogP contribution is -2.34. The highest BCUT2D eigenvalue weighted by Gasteiger charge is 2.24. The van der Waals surface area contributed by atoms with Crippen LogP contribution < -0.4 is 5.73 Å². The van der Waals surface area contributed by atoms with Gasteiger partial charge in [-0.1, -0.05) is 24.3 Å². The molecule has 2 aromatic carbocycles. The number of rotatable bonds is 2. The summed E-state index contributed by atoms with van der Waals surface area (Å²) in [7, 11) is 0. The Kier molecular flexibility index (Phi) is 3.18. The Morgan fingerprint density at radius 2 is 1.50 bits per heavy atom. The molecule has 0 aliphatic heterocycles. The fourth-order valence-corrected chi connectivity index (χ4v) is 1.93. The molecular formula is C15H15F2N. The molecule has 0 aliphatic rings. The molecule has 0 aliphatic carbocycles. The molecule has 0 bridgehead atoms. The fourth-order valence-electron chi connectivity index (χ4n) is 1.93. The van der Waals surface area contributed by atoms with Crippen molar-refractivity contribution in [1.82, 2.24) is 0 Å². The number of aryl methyl sites for hydroxylation is 1. The molecule has 1 nitrogen and oxygen atoms in total. The summed E-state index contributed by atoms with van der Waals surface area (Å²) in [4.78, 5) is 0. The second-order valence-corrected chi connectivity index (χ2v) is 4.67. The van der Waals surface area contributed by atoms with Crippen LogP contribution in [0.5, 0.6) is 0 Å². The van der Waals surface area contributed by atoms with Gasteiger partial charge in [-0.05, 0) is 48.7 Å². The van der Waals surface area contributed by atoms with Crippen LogP contribution in [0.15, 0.2) is 42.5 Å². The van der Waals surface area contributed by atoms with E-state index in [0.29, 0.717) is 5.56 Å². The second kappa shape index (κ2) is 4.50. The van der Waals surface area contributed by atoms with Gasteiger partial charge in [0.2, 0.25) is 0 Å². The Bertz CT molecular complexity index is 559. The molecule has 2 aromatic rings. The molecule has 2 rings (SSSR count). The minimum Gasteiger partial charge on any atom is -0.318 e. The smallest absolute Gasteiger partial charge is 0.126 e. The van der Waals surface area contributed by atoms with Crippen molar-refractivity contribution in [3.8, 4) is 0 Å². The molecule has 0 saturated heterocycles. The molecule has 1 unspecified atom stereocenters. The summed E-state index contributed by atoms with van der Waals surface area (Å²) >= 11 is 0. The first-order valence-corrected chi connectivity index (χ1v) is 5.73. The Hall–Kier alpha value is -1.74. The van der Waals surface area contributed by atoms with Gasteiger partial charge < -0.3 is 5.73 Å². The van der Waals surface area contributed by atoms with Gasteiger partial charge in [0.15, 0.2) is 0 Å². The average Bonchev–Trinajstić information content (AvgIpc) is 2.33. The first-order valence-electron chi connectivity index (χ1n) is 5.73. The van der Waals surface area contributed by atoms with Crippen LogP contribution in [0.1, 0.15) is 23.6 Å². The third kappa shape index (κ3) is 2.27. The van der Waals surface area contributed by atoms with E-state index in [9.17, 15) is 8.78 Å². The maximum Gasteiger partial charge on any atom is 0.126 e. The molecule has 2 N–H and O–H groups in total. The summed E-state index contributed by atoms with van der Waals surface area (Å²) in [5.74, 6) is -0.557. The van der Waals surface area contributed by atoms with E-state index in [1.807, 2.05) is 6.92 Å². The third-order valence-electron chi connectivity index (χ3n) is 3.20. The SMILES string of the molecule is Cc1cc(C(C)(N)c2ccc(F)cc2)ccc1F. The van der Waals surface area contributed by atoms with Crippen molar-refractivity contribution in [2.24, 2.45) is 5.73 Å². The molecule has 0 amide bonds. The van der Waals surface area contributed by atoms with E-state index < -0.39 is 5.54 Å². The van der Waals surface area contributed by atoms with Gasteiger partial charge in [0.05, 0.1) is 5.54 Å². The zero-order chi connectivity index (χ0) is 13.3. The van der Waals surface area contributed by atoms with Crippen molar-refractivity contribution in [1.29, 1.82) is 0 Å². The van der Waals surface area contributed by atoms with Gasteiger partial charge in [-0.2, -0.15) is 0 Å². The number of benzene rings is 2. The van der Waals surface area contributed by atoms with E-state index in [4.69, 9.17) is 5.73 Å². The lowest BCUT2D eigenvalue weighted by Gasteiger charge is -2.26. The molecule has 0 saturated carbocycles. The minimum atomic E-state index is -0.772. The average molecular weight is 247 g/mol. The molecule has 3 heteroatoms. The maximum atomic E-state index is 13.3. The van der Waals surface area contributed by atoms with Gasteiger partial charge >= 0.3 is 0 Å². The lowest BCUT2D eigenvalue weighted by molar-refractivity contribution is 0.583. The van der Waals surface area contributed by atoms with Crippen LogP contribution in [0.25, 0.3) is 0 Å². The monoisotopic (exact) mass is 247 g/mol. The maximum absolute atomic E-state index is 13.3. The van der Waals surface area contributed by atoms with Gasteiger partial charge in [-0.25, -0.2) is 8.78 Å². The van der Waals surface area contributed by atoms with E-state index in [-0.39, 0.29) is 11.6 Å². The first kappa shape index (κ1) is 12.7. The van der Waals surface area contributed by atoms with Crippen molar-refractivity contribution in [2.75, 3.05) is 0 Å². The summed E-state index contributed by atoms with van der Waals surface area (Å²) in [6, 6.07) is 10.8. The molecule has 1 atom stereocenters. The van der Waals surface area contributed by atoms with Crippen molar-refractivity contribution in [3.05, 3.63) is 70.8 Å². The van der Waals surface area contributed by atoms with Crippen LogP contribution in [0.2, 0.25) is 0 Å². The minimum absolute atomic E-state index is 0.256. The van der Waals surface area contributed by atoms with E-state index in [1.165, 1.54) is 18.2 Å². The predicted molar refractivity (Wildman–Crippen MR) is 68.2 cm³/mol. The summed E-state index contributed by atoms with van der Waals surface area (Å²) in [5.41, 5.74) is 7.65. The van der Waals surface area contributed by atoms with Gasteiger partial charge in [0.1, 0.15) is 11.6 Å². The molecule has 0 aromatic heterocycles. The summed E-state index contributed by atoms with van der Waals surface area (Å²) < 4.78 is 26.2. The zero-order valence-electron chi connectivity index (χ0n) is 10.4. The zero-order valence-corrected chi connectivity index (χ0v) is 10.4. The molecular weight excluding hydrogens is 232 g/mol. The molecule has 0 heterocycles. The fraction of sp³-hybridized carbons (Fsp3) is 0.200. The number of hydrogen-bond acceptors (Lipinski definition) is 1. The quantitative estimate of drug-likeness (QED) is 0.863. The van der Waals surface area contributed by atoms with Crippen LogP contribution in [0.3, 0.4) is 0 Å². The van der Waals surface area contributed by atoms with E-state index in [1.54, 1.807) is 31.2 Å². The van der Waals surface area contributed by atoms with Crippen molar-refractivity contribution in [2.45, 2.75) is 19.4 Å². The molecule has 0 radical (unpaired) electrons. The Morgan fingerprint density at radius 3 is 2.06 bits per heavy atom. The van der Waals surface area contributed by atoms with Crippen LogP contribution in [0, 0.1) is 18.6 Å². The van der Waals surface area contributed by atoms with Gasteiger partial charge in [-0.15, -0.1) is 0 Å². The largest absolute Gasteiger partial charge is 0.318 e. The van der Waals surface area contributed by atoms with Crippen LogP contribution in [0.4, 0.5) is 8.78 Å². The topological polar surface area (TPSA) is 26.0 Å². The molecule has 94 valence electrons. The third-order valence-corrected chi connectivity index (χ3v) is 3.20. The normalized spacial score (nSPS) is 14.3. The highest BCUT2D eigenvalue weighted by molar-refractivity contribution is 5.39. The number of halogens is 2. The van der Waals surface area contributed by atoms with Crippen molar-refractivity contribution in [3.63, 3.8) is 0 Å². The number of hydrogen-bond donors (Lipinski definition) is 1. The van der Waals surface area contributed by atoms with Crippen LogP contribution >= 0.6 is 0 Å². The first-order chi connectivity index (χ1) is 8.41. The van der Waals surface area contributed by atoms with Crippen molar-refractivity contribution < 1.29 is 8.78 Å². The Labute approximate surface area is 105 Å². The Morgan fingerprint density at radius 1 is 0.944 bits per heavy atom. The molecule has 0 spiro atoms. The summed E-state index contributed by atoms with van der Waals surface area (Å²) in [5, 5.41) is 0. The van der Waals surface area contributed by atoms with Crippen LogP contribution in [-0.4, -0.2) is 0 Å². The van der Waals surface area contributed by atoms with Gasteiger partial charge in [0.25, 0.3) is 0 Å². The van der Waals surface area contributed by atoms with E-state index in [0.717, 1.165) is 11.1 Å². The van der Waals surface area contributed by atoms with E-state index >= 15 is 0 Å². The van der Waals surface area contributed by atoms with Gasteiger partial charge in [-0.3, -0.25) is 0 Å². The predicted octanol–water partition coefficient (Wildman–Crippen LogP) is 3.50. The van der Waals surface area contributed by atoms with Crippen molar-refractivity contribution >= 4 is 0 Å².